The molecule has 0 aliphatic carbocycles. The Morgan fingerprint density at radius 3 is 0.948 bits per heavy atom. The van der Waals surface area contributed by atoms with Crippen LogP contribution in [0, 0.1) is 22.7 Å². The summed E-state index contributed by atoms with van der Waals surface area (Å²) in [5, 5.41) is 26.4. The highest BCUT2D eigenvalue weighted by Crippen LogP contribution is 2.45. The van der Waals surface area contributed by atoms with Gasteiger partial charge in [0.05, 0.1) is 34.4 Å². The number of fused-ring (bicyclic) bond motifs is 2. The zero-order valence-electron chi connectivity index (χ0n) is 31.7. The van der Waals surface area contributed by atoms with Crippen molar-refractivity contribution in [1.82, 2.24) is 0 Å². The van der Waals surface area contributed by atoms with E-state index < -0.39 is 23.1 Å². The van der Waals surface area contributed by atoms with E-state index in [2.05, 4.69) is 12.1 Å². The van der Waals surface area contributed by atoms with Crippen molar-refractivity contribution in [2.45, 2.75) is 25.0 Å². The van der Waals surface area contributed by atoms with Crippen LogP contribution in [0.15, 0.2) is 170 Å². The van der Waals surface area contributed by atoms with Crippen molar-refractivity contribution < 1.29 is 19.1 Å². The van der Waals surface area contributed by atoms with Crippen LogP contribution in [-0.2, 0) is 20.7 Å². The summed E-state index contributed by atoms with van der Waals surface area (Å²) in [4.78, 5) is 29.1. The lowest BCUT2D eigenvalue weighted by molar-refractivity contribution is 0.00542. The largest absolute Gasteiger partial charge is 0.446 e. The third kappa shape index (κ3) is 5.62. The van der Waals surface area contributed by atoms with Gasteiger partial charge >= 0.3 is 11.9 Å². The molecule has 9 aromatic carbocycles. The predicted molar refractivity (Wildman–Crippen MR) is 227 cm³/mol. The van der Waals surface area contributed by atoms with Gasteiger partial charge in [0, 0.05) is 10.8 Å². The van der Waals surface area contributed by atoms with E-state index in [1.54, 1.807) is 24.3 Å². The Morgan fingerprint density at radius 2 is 0.672 bits per heavy atom. The van der Waals surface area contributed by atoms with Gasteiger partial charge in [-0.15, -0.1) is 0 Å². The van der Waals surface area contributed by atoms with Crippen LogP contribution in [0.1, 0.15) is 67.9 Å². The molecule has 0 aliphatic rings. The normalized spacial score (nSPS) is 11.7. The van der Waals surface area contributed by atoms with Crippen LogP contribution in [-0.4, -0.2) is 11.9 Å². The Balaban J connectivity index is 1.23. The molecule has 6 heteroatoms. The second-order valence-corrected chi connectivity index (χ2v) is 14.7. The minimum Gasteiger partial charge on any atom is -0.446 e. The number of carbonyl (C=O) groups is 2. The summed E-state index contributed by atoms with van der Waals surface area (Å²) in [7, 11) is 0. The maximum atomic E-state index is 14.6. The third-order valence-corrected chi connectivity index (χ3v) is 11.5. The molecule has 276 valence electrons. The maximum absolute atomic E-state index is 14.6. The summed E-state index contributed by atoms with van der Waals surface area (Å²) in [6.45, 7) is 3.75. The van der Waals surface area contributed by atoms with Gasteiger partial charge in [0.2, 0.25) is 0 Å². The van der Waals surface area contributed by atoms with Crippen molar-refractivity contribution in [3.8, 4) is 12.1 Å². The van der Waals surface area contributed by atoms with Crippen molar-refractivity contribution in [1.29, 1.82) is 10.5 Å². The van der Waals surface area contributed by atoms with Gasteiger partial charge in [-0.05, 0) is 92.7 Å². The zero-order valence-corrected chi connectivity index (χ0v) is 31.7. The second-order valence-electron chi connectivity index (χ2n) is 14.7. The first-order valence-electron chi connectivity index (χ1n) is 19.0. The lowest BCUT2D eigenvalue weighted by atomic mass is 9.84. The minimum atomic E-state index is -1.14. The van der Waals surface area contributed by atoms with Crippen LogP contribution in [0.3, 0.4) is 0 Å². The molecule has 0 aliphatic heterocycles. The van der Waals surface area contributed by atoms with E-state index in [0.29, 0.717) is 32.7 Å². The van der Waals surface area contributed by atoms with Gasteiger partial charge < -0.3 is 9.47 Å². The van der Waals surface area contributed by atoms with E-state index in [4.69, 9.17) is 9.47 Å². The molecule has 0 radical (unpaired) electrons. The van der Waals surface area contributed by atoms with Gasteiger partial charge in [0.1, 0.15) is 0 Å². The standard InChI is InChI=1S/C52H34N2O4/c1-51(35-15-7-3-8-16-35,36-17-9-4-10-18-36)57-49(55)43-29-27-41-40-26-24-34(32-54)46-44(30-28-42(48(40)46)39-25-23-33(31-53)45(43)47(39)41)50(56)58-52(2,37-19-11-5-12-20-37)38-21-13-6-14-22-38/h3-30H,1-2H3. The van der Waals surface area contributed by atoms with Crippen molar-refractivity contribution in [3.63, 3.8) is 0 Å². The van der Waals surface area contributed by atoms with E-state index in [1.165, 1.54) is 0 Å². The molecule has 9 aromatic rings. The molecule has 0 saturated heterocycles. The van der Waals surface area contributed by atoms with Gasteiger partial charge in [0.25, 0.3) is 0 Å². The van der Waals surface area contributed by atoms with Crippen molar-refractivity contribution >= 4 is 55.0 Å². The molecule has 0 spiro atoms. The molecule has 0 atom stereocenters. The number of esters is 2. The molecule has 0 bridgehead atoms. The van der Waals surface area contributed by atoms with Crippen LogP contribution in [0.2, 0.25) is 0 Å². The number of hydrogen-bond acceptors (Lipinski definition) is 6. The van der Waals surface area contributed by atoms with Gasteiger partial charge in [0.15, 0.2) is 11.2 Å². The smallest absolute Gasteiger partial charge is 0.340 e. The monoisotopic (exact) mass is 750 g/mol. The number of carbonyl (C=O) groups excluding carboxylic acids is 2. The molecule has 0 amide bonds. The summed E-state index contributed by atoms with van der Waals surface area (Å²) in [5.41, 5.74) is 2.08. The summed E-state index contributed by atoms with van der Waals surface area (Å²) >= 11 is 0. The van der Waals surface area contributed by atoms with E-state index >= 15 is 0 Å². The topological polar surface area (TPSA) is 100 Å². The van der Waals surface area contributed by atoms with Crippen molar-refractivity contribution in [3.05, 3.63) is 214 Å². The van der Waals surface area contributed by atoms with E-state index in [1.807, 2.05) is 159 Å². The van der Waals surface area contributed by atoms with Crippen molar-refractivity contribution in [2.24, 2.45) is 0 Å². The maximum Gasteiger partial charge on any atom is 0.340 e. The van der Waals surface area contributed by atoms with Gasteiger partial charge in [-0.3, -0.25) is 0 Å². The van der Waals surface area contributed by atoms with Gasteiger partial charge in [-0.25, -0.2) is 9.59 Å². The summed E-state index contributed by atoms with van der Waals surface area (Å²) in [6, 6.07) is 57.3. The fourth-order valence-corrected chi connectivity index (χ4v) is 8.49. The molecule has 58 heavy (non-hydrogen) atoms. The molecule has 0 aromatic heterocycles. The SMILES string of the molecule is CC(OC(=O)c1ccc2c3ccc(C#N)c4c(C(=O)OC(C)(c5ccccc5)c5ccccc5)ccc(c5ccc(C#N)c1c52)c43)(c1ccccc1)c1ccccc1. The highest BCUT2D eigenvalue weighted by molar-refractivity contribution is 6.36. The van der Waals surface area contributed by atoms with Crippen molar-refractivity contribution in [2.75, 3.05) is 0 Å². The highest BCUT2D eigenvalue weighted by Gasteiger charge is 2.36. The first-order valence-corrected chi connectivity index (χ1v) is 19.0. The molecule has 0 saturated carbocycles. The minimum absolute atomic E-state index is 0.255. The Labute approximate surface area is 335 Å². The lowest BCUT2D eigenvalue weighted by Gasteiger charge is -2.31. The van der Waals surface area contributed by atoms with Crippen LogP contribution < -0.4 is 0 Å². The van der Waals surface area contributed by atoms with E-state index in [0.717, 1.165) is 43.8 Å². The van der Waals surface area contributed by atoms with Gasteiger partial charge in [-0.2, -0.15) is 10.5 Å². The average Bonchev–Trinajstić information content (AvgIpc) is 3.28. The molecule has 0 fully saturated rings. The quantitative estimate of drug-likeness (QED) is 0.0871. The zero-order chi connectivity index (χ0) is 40.0. The number of ether oxygens (including phenoxy) is 2. The highest BCUT2D eigenvalue weighted by atomic mass is 16.6. The van der Waals surface area contributed by atoms with Crippen LogP contribution >= 0.6 is 0 Å². The number of benzene rings is 9. The summed E-state index contributed by atoms with van der Waals surface area (Å²) in [5.74, 6) is -1.16. The number of nitrogens with zero attached hydrogens (tertiary/aromatic N) is 2. The summed E-state index contributed by atoms with van der Waals surface area (Å²) in [6.07, 6.45) is 0. The Kier molecular flexibility index (Phi) is 8.69. The molecular weight excluding hydrogens is 717 g/mol. The Morgan fingerprint density at radius 1 is 0.397 bits per heavy atom. The van der Waals surface area contributed by atoms with E-state index in [9.17, 15) is 20.1 Å². The fourth-order valence-electron chi connectivity index (χ4n) is 8.49. The first-order chi connectivity index (χ1) is 28.3. The van der Waals surface area contributed by atoms with Crippen LogP contribution in [0.4, 0.5) is 0 Å². The Bertz CT molecular complexity index is 2820. The molecule has 0 N–H and O–H groups in total. The Hall–Kier alpha value is -7.80. The molecule has 6 nitrogen and oxygen atoms in total. The summed E-state index contributed by atoms with van der Waals surface area (Å²) < 4.78 is 13.0. The van der Waals surface area contributed by atoms with E-state index in [-0.39, 0.29) is 11.1 Å². The number of hydrogen-bond donors (Lipinski definition) is 0. The van der Waals surface area contributed by atoms with Crippen LogP contribution in [0.25, 0.3) is 43.1 Å². The molecule has 0 heterocycles. The molecule has 9 rings (SSSR count). The number of rotatable bonds is 8. The average molecular weight is 751 g/mol. The molecular formula is C52H34N2O4. The van der Waals surface area contributed by atoms with Gasteiger partial charge in [-0.1, -0.05) is 146 Å². The first kappa shape index (κ1) is 35.9. The lowest BCUT2D eigenvalue weighted by Crippen LogP contribution is -2.30. The fraction of sp³-hybridized carbons (Fsp3) is 0.0769. The number of nitriles is 2. The van der Waals surface area contributed by atoms with Crippen LogP contribution in [0.5, 0.6) is 0 Å². The second kappa shape index (κ2) is 14.0. The predicted octanol–water partition coefficient (Wildman–Crippen LogP) is 11.7. The molecule has 0 unspecified atom stereocenters. The third-order valence-electron chi connectivity index (χ3n) is 11.5.